The van der Waals surface area contributed by atoms with Gasteiger partial charge in [-0.1, -0.05) is 13.3 Å². The lowest BCUT2D eigenvalue weighted by Crippen LogP contribution is -2.55. The third kappa shape index (κ3) is 2.73. The molecule has 0 aliphatic rings. The number of hydrogen-bond acceptors (Lipinski definition) is 2. The van der Waals surface area contributed by atoms with E-state index in [2.05, 4.69) is 9.97 Å². The van der Waals surface area contributed by atoms with Crippen LogP contribution in [0.3, 0.4) is 0 Å². The van der Waals surface area contributed by atoms with E-state index in [1.807, 2.05) is 0 Å². The minimum atomic E-state index is -4.42. The Labute approximate surface area is 109 Å². The molecule has 2 aromatic heterocycles. The zero-order chi connectivity index (χ0) is 14.1. The summed E-state index contributed by atoms with van der Waals surface area (Å²) in [6.45, 7) is 1.70. The topological polar surface area (TPSA) is 54.7 Å². The highest BCUT2D eigenvalue weighted by atomic mass is 19.4. The lowest BCUT2D eigenvalue weighted by Gasteiger charge is -2.31. The predicted octanol–water partition coefficient (Wildman–Crippen LogP) is 3.17. The van der Waals surface area contributed by atoms with E-state index >= 15 is 0 Å². The number of H-pyrrole nitrogens is 1. The summed E-state index contributed by atoms with van der Waals surface area (Å²) in [4.78, 5) is 6.86. The van der Waals surface area contributed by atoms with Crippen LogP contribution in [0.2, 0.25) is 0 Å². The summed E-state index contributed by atoms with van der Waals surface area (Å²) in [6.07, 6.45) is -1.19. The molecule has 0 saturated heterocycles. The van der Waals surface area contributed by atoms with Gasteiger partial charge in [-0.25, -0.2) is 0 Å². The average Bonchev–Trinajstić information content (AvgIpc) is 2.69. The Balaban J connectivity index is 2.31. The molecule has 0 bridgehead atoms. The van der Waals surface area contributed by atoms with Gasteiger partial charge in [0.1, 0.15) is 5.54 Å². The second-order valence-electron chi connectivity index (χ2n) is 4.84. The van der Waals surface area contributed by atoms with Gasteiger partial charge in [-0.3, -0.25) is 4.98 Å². The summed E-state index contributed by atoms with van der Waals surface area (Å²) in [5, 5.41) is 0.839. The smallest absolute Gasteiger partial charge is 0.357 e. The number of nitrogens with one attached hydrogen (secondary N) is 1. The van der Waals surface area contributed by atoms with E-state index in [1.54, 1.807) is 31.5 Å². The highest BCUT2D eigenvalue weighted by Gasteiger charge is 2.51. The van der Waals surface area contributed by atoms with Gasteiger partial charge in [0.2, 0.25) is 0 Å². The maximum atomic E-state index is 13.1. The minimum absolute atomic E-state index is 0.0931. The summed E-state index contributed by atoms with van der Waals surface area (Å²) in [7, 11) is 0. The maximum absolute atomic E-state index is 13.1. The molecule has 1 unspecified atom stereocenters. The Kier molecular flexibility index (Phi) is 3.54. The fourth-order valence-electron chi connectivity index (χ4n) is 2.24. The van der Waals surface area contributed by atoms with Crippen LogP contribution >= 0.6 is 0 Å². The number of nitrogens with two attached hydrogens (primary N) is 1. The van der Waals surface area contributed by atoms with Crippen molar-refractivity contribution in [2.24, 2.45) is 5.73 Å². The Morgan fingerprint density at radius 3 is 2.68 bits per heavy atom. The molecule has 19 heavy (non-hydrogen) atoms. The summed E-state index contributed by atoms with van der Waals surface area (Å²) < 4.78 is 39.2. The molecule has 0 aliphatic carbocycles. The molecule has 3 nitrogen and oxygen atoms in total. The molecule has 6 heteroatoms. The van der Waals surface area contributed by atoms with E-state index in [4.69, 9.17) is 5.73 Å². The summed E-state index contributed by atoms with van der Waals surface area (Å²) >= 11 is 0. The third-order valence-electron chi connectivity index (χ3n) is 3.25. The summed E-state index contributed by atoms with van der Waals surface area (Å²) in [6, 6.07) is 3.45. The Hall–Kier alpha value is -1.56. The van der Waals surface area contributed by atoms with Crippen molar-refractivity contribution in [1.82, 2.24) is 9.97 Å². The predicted molar refractivity (Wildman–Crippen MR) is 67.7 cm³/mol. The molecule has 0 radical (unpaired) electrons. The molecule has 2 heterocycles. The van der Waals surface area contributed by atoms with Crippen molar-refractivity contribution in [3.05, 3.63) is 30.2 Å². The van der Waals surface area contributed by atoms with Crippen molar-refractivity contribution in [2.75, 3.05) is 0 Å². The minimum Gasteiger partial charge on any atom is -0.357 e. The van der Waals surface area contributed by atoms with E-state index in [1.165, 1.54) is 0 Å². The molecule has 1 atom stereocenters. The van der Waals surface area contributed by atoms with E-state index in [0.29, 0.717) is 12.1 Å². The van der Waals surface area contributed by atoms with Crippen LogP contribution in [0.15, 0.2) is 24.5 Å². The van der Waals surface area contributed by atoms with Crippen LogP contribution in [0.4, 0.5) is 13.2 Å². The van der Waals surface area contributed by atoms with Crippen molar-refractivity contribution in [3.8, 4) is 0 Å². The second kappa shape index (κ2) is 4.85. The van der Waals surface area contributed by atoms with Crippen LogP contribution in [0.25, 0.3) is 10.9 Å². The Morgan fingerprint density at radius 2 is 2.11 bits per heavy atom. The number of aromatic nitrogens is 2. The van der Waals surface area contributed by atoms with Gasteiger partial charge in [-0.15, -0.1) is 0 Å². The first-order chi connectivity index (χ1) is 8.86. The standard InChI is InChI=1S/C13H16F3N3/c1-2-4-12(17,13(14,15)16)7-10-6-9-3-5-18-8-11(9)19-10/h3,5-6,8,19H,2,4,7,17H2,1H3. The van der Waals surface area contributed by atoms with Gasteiger partial charge >= 0.3 is 6.18 Å². The number of hydrogen-bond donors (Lipinski definition) is 2. The van der Waals surface area contributed by atoms with Crippen LogP contribution in [0.5, 0.6) is 0 Å². The van der Waals surface area contributed by atoms with Gasteiger partial charge in [-0.05, 0) is 18.6 Å². The largest absolute Gasteiger partial charge is 0.406 e. The molecule has 104 valence electrons. The van der Waals surface area contributed by atoms with Crippen molar-refractivity contribution >= 4 is 10.9 Å². The van der Waals surface area contributed by atoms with Crippen LogP contribution < -0.4 is 5.73 Å². The number of rotatable bonds is 4. The first kappa shape index (κ1) is 13.9. The number of aromatic amines is 1. The number of fused-ring (bicyclic) bond motifs is 1. The molecular formula is C13H16F3N3. The van der Waals surface area contributed by atoms with Gasteiger partial charge in [0, 0.05) is 23.7 Å². The number of halogens is 3. The fourth-order valence-corrected chi connectivity index (χ4v) is 2.24. The second-order valence-corrected chi connectivity index (χ2v) is 4.84. The zero-order valence-electron chi connectivity index (χ0n) is 10.6. The molecule has 0 fully saturated rings. The Morgan fingerprint density at radius 1 is 1.37 bits per heavy atom. The van der Waals surface area contributed by atoms with Crippen LogP contribution in [-0.4, -0.2) is 21.7 Å². The fraction of sp³-hybridized carbons (Fsp3) is 0.462. The first-order valence-corrected chi connectivity index (χ1v) is 6.13. The molecule has 2 rings (SSSR count). The number of pyridine rings is 1. The van der Waals surface area contributed by atoms with Gasteiger partial charge in [-0.2, -0.15) is 13.2 Å². The van der Waals surface area contributed by atoms with Gasteiger partial charge in [0.25, 0.3) is 0 Å². The van der Waals surface area contributed by atoms with Crippen LogP contribution in [0.1, 0.15) is 25.5 Å². The molecule has 0 aromatic carbocycles. The van der Waals surface area contributed by atoms with Gasteiger partial charge in [0.15, 0.2) is 0 Å². The highest BCUT2D eigenvalue weighted by Crippen LogP contribution is 2.35. The molecule has 0 amide bonds. The molecule has 0 spiro atoms. The molecule has 0 saturated carbocycles. The number of nitrogens with zero attached hydrogens (tertiary/aromatic N) is 1. The van der Waals surface area contributed by atoms with Crippen molar-refractivity contribution in [2.45, 2.75) is 37.9 Å². The SMILES string of the molecule is CCCC(N)(Cc1cc2ccncc2[nH]1)C(F)(F)F. The van der Waals surface area contributed by atoms with Crippen molar-refractivity contribution < 1.29 is 13.2 Å². The van der Waals surface area contributed by atoms with Crippen molar-refractivity contribution in [1.29, 1.82) is 0 Å². The van der Waals surface area contributed by atoms with E-state index < -0.39 is 11.7 Å². The normalized spacial score (nSPS) is 15.6. The number of alkyl halides is 3. The lowest BCUT2D eigenvalue weighted by atomic mass is 9.89. The maximum Gasteiger partial charge on any atom is 0.406 e. The highest BCUT2D eigenvalue weighted by molar-refractivity contribution is 5.79. The molecular weight excluding hydrogens is 255 g/mol. The molecule has 0 aliphatic heterocycles. The summed E-state index contributed by atoms with van der Waals surface area (Å²) in [5.74, 6) is 0. The Bertz CT molecular complexity index is 529. The van der Waals surface area contributed by atoms with E-state index in [-0.39, 0.29) is 12.8 Å². The van der Waals surface area contributed by atoms with Crippen molar-refractivity contribution in [3.63, 3.8) is 0 Å². The molecule has 2 aromatic rings. The first-order valence-electron chi connectivity index (χ1n) is 6.13. The van der Waals surface area contributed by atoms with Crippen LogP contribution in [0, 0.1) is 0 Å². The third-order valence-corrected chi connectivity index (χ3v) is 3.25. The van der Waals surface area contributed by atoms with E-state index in [0.717, 1.165) is 10.9 Å². The quantitative estimate of drug-likeness (QED) is 0.897. The zero-order valence-corrected chi connectivity index (χ0v) is 10.6. The monoisotopic (exact) mass is 271 g/mol. The lowest BCUT2D eigenvalue weighted by molar-refractivity contribution is -0.188. The summed E-state index contributed by atoms with van der Waals surface area (Å²) in [5.41, 5.74) is 4.60. The average molecular weight is 271 g/mol. The van der Waals surface area contributed by atoms with Gasteiger partial charge in [0.05, 0.1) is 11.7 Å². The van der Waals surface area contributed by atoms with E-state index in [9.17, 15) is 13.2 Å². The van der Waals surface area contributed by atoms with Gasteiger partial charge < -0.3 is 10.7 Å². The molecule has 3 N–H and O–H groups in total. The van der Waals surface area contributed by atoms with Crippen LogP contribution in [-0.2, 0) is 6.42 Å².